The minimum absolute atomic E-state index is 0.188. The highest BCUT2D eigenvalue weighted by atomic mass is 16.7. The van der Waals surface area contributed by atoms with Crippen LogP contribution in [0.15, 0.2) is 24.3 Å². The quantitative estimate of drug-likeness (QED) is 0.808. The van der Waals surface area contributed by atoms with Gasteiger partial charge in [-0.2, -0.15) is 15.0 Å². The van der Waals surface area contributed by atoms with Gasteiger partial charge in [-0.1, -0.05) is 12.1 Å². The summed E-state index contributed by atoms with van der Waals surface area (Å²) in [7, 11) is 1.62. The van der Waals surface area contributed by atoms with Crippen LogP contribution in [0.25, 0.3) is 0 Å². The Morgan fingerprint density at radius 3 is 2.63 bits per heavy atom. The Balaban J connectivity index is 1.43. The Morgan fingerprint density at radius 1 is 1.15 bits per heavy atom. The molecule has 1 aromatic heterocycles. The molecule has 3 N–H and O–H groups in total. The minimum atomic E-state index is -0.384. The van der Waals surface area contributed by atoms with Gasteiger partial charge in [-0.3, -0.25) is 4.90 Å². The van der Waals surface area contributed by atoms with Crippen molar-refractivity contribution in [1.82, 2.24) is 19.9 Å². The summed E-state index contributed by atoms with van der Waals surface area (Å²) in [5.74, 6) is 1.54. The fraction of sp³-hybridized carbons (Fsp3) is 0.500. The Kier molecular flexibility index (Phi) is 5.06. The molecule has 2 aliphatic heterocycles. The Labute approximate surface area is 157 Å². The van der Waals surface area contributed by atoms with E-state index in [4.69, 9.17) is 19.9 Å². The molecule has 2 fully saturated rings. The van der Waals surface area contributed by atoms with E-state index < -0.39 is 0 Å². The number of anilines is 3. The fourth-order valence-electron chi connectivity index (χ4n) is 3.47. The number of nitrogens with one attached hydrogen (secondary N) is 1. The summed E-state index contributed by atoms with van der Waals surface area (Å²) in [5, 5.41) is 3.16. The number of piperidine rings is 1. The van der Waals surface area contributed by atoms with Gasteiger partial charge in [0, 0.05) is 25.9 Å². The number of rotatable bonds is 5. The van der Waals surface area contributed by atoms with E-state index in [2.05, 4.69) is 25.2 Å². The van der Waals surface area contributed by atoms with Gasteiger partial charge in [-0.05, 0) is 12.1 Å². The van der Waals surface area contributed by atoms with Crippen LogP contribution >= 0.6 is 0 Å². The van der Waals surface area contributed by atoms with Gasteiger partial charge in [0.15, 0.2) is 5.79 Å². The smallest absolute Gasteiger partial charge is 0.232 e. The zero-order valence-corrected chi connectivity index (χ0v) is 15.4. The molecule has 9 heteroatoms. The van der Waals surface area contributed by atoms with Crippen LogP contribution in [0.4, 0.5) is 17.6 Å². The third-order valence-corrected chi connectivity index (χ3v) is 4.85. The minimum Gasteiger partial charge on any atom is -0.495 e. The summed E-state index contributed by atoms with van der Waals surface area (Å²) in [4.78, 5) is 15.3. The van der Waals surface area contributed by atoms with Gasteiger partial charge in [-0.15, -0.1) is 0 Å². The van der Waals surface area contributed by atoms with E-state index in [9.17, 15) is 0 Å². The average molecular weight is 372 g/mol. The van der Waals surface area contributed by atoms with Gasteiger partial charge in [0.25, 0.3) is 0 Å². The molecule has 144 valence electrons. The molecular weight excluding hydrogens is 348 g/mol. The predicted octanol–water partition coefficient (Wildman–Crippen LogP) is 1.54. The van der Waals surface area contributed by atoms with Crippen molar-refractivity contribution in [3.63, 3.8) is 0 Å². The van der Waals surface area contributed by atoms with E-state index >= 15 is 0 Å². The zero-order valence-electron chi connectivity index (χ0n) is 15.4. The SMILES string of the molecule is COc1ccccc1Nc1nc(N)nc(CN2CCC3(CC2)OCCO3)n1. The summed E-state index contributed by atoms with van der Waals surface area (Å²) in [5.41, 5.74) is 6.66. The highest BCUT2D eigenvalue weighted by Crippen LogP contribution is 2.31. The van der Waals surface area contributed by atoms with E-state index in [-0.39, 0.29) is 11.7 Å². The summed E-state index contributed by atoms with van der Waals surface area (Å²) >= 11 is 0. The van der Waals surface area contributed by atoms with Gasteiger partial charge in [0.2, 0.25) is 11.9 Å². The van der Waals surface area contributed by atoms with Crippen LogP contribution in [0.1, 0.15) is 18.7 Å². The lowest BCUT2D eigenvalue weighted by Crippen LogP contribution is -2.44. The molecule has 1 spiro atoms. The van der Waals surface area contributed by atoms with Gasteiger partial charge < -0.3 is 25.3 Å². The third kappa shape index (κ3) is 4.10. The number of likely N-dealkylation sites (tertiary alicyclic amines) is 1. The Bertz CT molecular complexity index is 786. The largest absolute Gasteiger partial charge is 0.495 e. The molecule has 0 atom stereocenters. The van der Waals surface area contributed by atoms with Crippen LogP contribution in [-0.4, -0.2) is 59.1 Å². The molecule has 0 saturated carbocycles. The number of para-hydroxylation sites is 2. The van der Waals surface area contributed by atoms with Crippen molar-refractivity contribution in [2.24, 2.45) is 0 Å². The molecule has 27 heavy (non-hydrogen) atoms. The molecule has 2 aliphatic rings. The van der Waals surface area contributed by atoms with Crippen molar-refractivity contribution in [3.8, 4) is 5.75 Å². The normalized spacial score (nSPS) is 19.3. The van der Waals surface area contributed by atoms with Crippen molar-refractivity contribution >= 4 is 17.6 Å². The summed E-state index contributed by atoms with van der Waals surface area (Å²) in [6.07, 6.45) is 1.69. The third-order valence-electron chi connectivity index (χ3n) is 4.85. The number of nitrogen functional groups attached to an aromatic ring is 1. The molecule has 2 aromatic rings. The molecule has 0 radical (unpaired) electrons. The molecule has 9 nitrogen and oxygen atoms in total. The van der Waals surface area contributed by atoms with Crippen LogP contribution < -0.4 is 15.8 Å². The van der Waals surface area contributed by atoms with Gasteiger partial charge in [0.1, 0.15) is 11.6 Å². The molecular formula is C18H24N6O3. The van der Waals surface area contributed by atoms with Crippen molar-refractivity contribution in [2.45, 2.75) is 25.2 Å². The number of hydrogen-bond acceptors (Lipinski definition) is 9. The van der Waals surface area contributed by atoms with Gasteiger partial charge in [0.05, 0.1) is 32.6 Å². The summed E-state index contributed by atoms with van der Waals surface area (Å²) < 4.78 is 16.9. The van der Waals surface area contributed by atoms with E-state index in [1.807, 2.05) is 24.3 Å². The molecule has 3 heterocycles. The lowest BCUT2D eigenvalue weighted by atomic mass is 10.0. The van der Waals surface area contributed by atoms with E-state index in [0.29, 0.717) is 37.3 Å². The first-order chi connectivity index (χ1) is 13.2. The van der Waals surface area contributed by atoms with E-state index in [0.717, 1.165) is 31.6 Å². The molecule has 0 bridgehead atoms. The molecule has 0 amide bonds. The number of nitrogens with two attached hydrogens (primary N) is 1. The highest BCUT2D eigenvalue weighted by molar-refractivity contribution is 5.62. The number of aromatic nitrogens is 3. The average Bonchev–Trinajstić information content (AvgIpc) is 3.12. The number of ether oxygens (including phenoxy) is 3. The molecule has 0 aliphatic carbocycles. The fourth-order valence-corrected chi connectivity index (χ4v) is 3.47. The second-order valence-electron chi connectivity index (χ2n) is 6.64. The first-order valence-corrected chi connectivity index (χ1v) is 9.06. The molecule has 0 unspecified atom stereocenters. The van der Waals surface area contributed by atoms with Crippen molar-refractivity contribution in [3.05, 3.63) is 30.1 Å². The maximum Gasteiger partial charge on any atom is 0.232 e. The second-order valence-corrected chi connectivity index (χ2v) is 6.64. The van der Waals surface area contributed by atoms with Crippen LogP contribution in [0.5, 0.6) is 5.75 Å². The van der Waals surface area contributed by atoms with Gasteiger partial charge >= 0.3 is 0 Å². The molecule has 1 aromatic carbocycles. The lowest BCUT2D eigenvalue weighted by molar-refractivity contribution is -0.185. The van der Waals surface area contributed by atoms with E-state index in [1.165, 1.54) is 0 Å². The van der Waals surface area contributed by atoms with Crippen molar-refractivity contribution in [1.29, 1.82) is 0 Å². The van der Waals surface area contributed by atoms with Crippen LogP contribution in [0.3, 0.4) is 0 Å². The second kappa shape index (κ2) is 7.63. The number of benzene rings is 1. The summed E-state index contributed by atoms with van der Waals surface area (Å²) in [6, 6.07) is 7.57. The van der Waals surface area contributed by atoms with Crippen LogP contribution in [0.2, 0.25) is 0 Å². The Hall–Kier alpha value is -2.49. The highest BCUT2D eigenvalue weighted by Gasteiger charge is 2.39. The summed E-state index contributed by atoms with van der Waals surface area (Å²) in [6.45, 7) is 3.69. The van der Waals surface area contributed by atoms with Crippen LogP contribution in [0, 0.1) is 0 Å². The zero-order chi connectivity index (χ0) is 18.7. The van der Waals surface area contributed by atoms with Crippen molar-refractivity contribution < 1.29 is 14.2 Å². The first-order valence-electron chi connectivity index (χ1n) is 9.06. The number of hydrogen-bond donors (Lipinski definition) is 2. The van der Waals surface area contributed by atoms with Crippen LogP contribution in [-0.2, 0) is 16.0 Å². The predicted molar refractivity (Wildman–Crippen MR) is 99.7 cm³/mol. The first kappa shape index (κ1) is 17.9. The van der Waals surface area contributed by atoms with E-state index in [1.54, 1.807) is 7.11 Å². The maximum absolute atomic E-state index is 5.89. The van der Waals surface area contributed by atoms with Crippen molar-refractivity contribution in [2.75, 3.05) is 44.5 Å². The Morgan fingerprint density at radius 2 is 1.89 bits per heavy atom. The number of nitrogens with zero attached hydrogens (tertiary/aromatic N) is 4. The maximum atomic E-state index is 5.89. The monoisotopic (exact) mass is 372 g/mol. The number of methoxy groups -OCH3 is 1. The molecule has 2 saturated heterocycles. The molecule has 4 rings (SSSR count). The topological polar surface area (TPSA) is 108 Å². The van der Waals surface area contributed by atoms with Gasteiger partial charge in [-0.25, -0.2) is 0 Å². The lowest BCUT2D eigenvalue weighted by Gasteiger charge is -2.37. The standard InChI is InChI=1S/C18H24N6O3/c1-25-14-5-3-2-4-13(14)20-17-22-15(21-16(19)23-17)12-24-8-6-18(7-9-24)26-10-11-27-18/h2-5H,6-12H2,1H3,(H3,19,20,21,22,23).